The molecule has 1 saturated heterocycles. The van der Waals surface area contributed by atoms with E-state index in [0.717, 1.165) is 56.1 Å². The fourth-order valence-corrected chi connectivity index (χ4v) is 4.10. The van der Waals surface area contributed by atoms with Gasteiger partial charge in [0.2, 0.25) is 5.91 Å². The molecule has 3 aromatic carbocycles. The number of amides is 1. The number of carbonyl (C=O) groups is 1. The minimum atomic E-state index is -0.00752. The van der Waals surface area contributed by atoms with Gasteiger partial charge in [-0.05, 0) is 52.4 Å². The van der Waals surface area contributed by atoms with Crippen molar-refractivity contribution >= 4 is 5.91 Å². The molecule has 4 rings (SSSR count). The van der Waals surface area contributed by atoms with Gasteiger partial charge in [-0.2, -0.15) is 0 Å². The molecule has 1 amide bonds. The lowest BCUT2D eigenvalue weighted by Gasteiger charge is -2.26. The van der Waals surface area contributed by atoms with Gasteiger partial charge in [-0.3, -0.25) is 9.69 Å². The molecule has 3 aromatic rings. The maximum absolute atomic E-state index is 11.4. The highest BCUT2D eigenvalue weighted by atomic mass is 16.5. The maximum Gasteiger partial charge on any atom is 0.216 e. The Morgan fingerprint density at radius 3 is 2.55 bits per heavy atom. The topological polar surface area (TPSA) is 50.8 Å². The number of rotatable bonds is 9. The van der Waals surface area contributed by atoms with E-state index in [1.807, 2.05) is 24.3 Å². The van der Waals surface area contributed by atoms with Crippen molar-refractivity contribution in [2.24, 2.45) is 0 Å². The zero-order valence-electron chi connectivity index (χ0n) is 19.3. The Morgan fingerprint density at radius 2 is 1.76 bits per heavy atom. The van der Waals surface area contributed by atoms with Crippen LogP contribution in [0.2, 0.25) is 0 Å². The van der Waals surface area contributed by atoms with Crippen molar-refractivity contribution in [2.45, 2.75) is 26.5 Å². The molecule has 0 aromatic heterocycles. The Labute approximate surface area is 196 Å². The quantitative estimate of drug-likeness (QED) is 0.530. The third kappa shape index (κ3) is 6.91. The van der Waals surface area contributed by atoms with Crippen molar-refractivity contribution in [1.29, 1.82) is 0 Å². The van der Waals surface area contributed by atoms with E-state index in [9.17, 15) is 4.79 Å². The van der Waals surface area contributed by atoms with Crippen LogP contribution in [0.25, 0.3) is 11.1 Å². The van der Waals surface area contributed by atoms with E-state index in [4.69, 9.17) is 9.47 Å². The molecular formula is C28H32N2O3. The van der Waals surface area contributed by atoms with E-state index in [1.54, 1.807) is 6.92 Å². The largest absolute Gasteiger partial charge is 0.489 e. The second-order valence-corrected chi connectivity index (χ2v) is 8.42. The van der Waals surface area contributed by atoms with Crippen LogP contribution in [0, 0.1) is 0 Å². The van der Waals surface area contributed by atoms with Gasteiger partial charge in [0.1, 0.15) is 12.4 Å². The van der Waals surface area contributed by atoms with Crippen molar-refractivity contribution in [3.05, 3.63) is 89.5 Å². The molecule has 0 saturated carbocycles. The number of carbonyl (C=O) groups excluding carboxylic acids is 1. The normalized spacial score (nSPS) is 14.1. The molecule has 1 aliphatic rings. The minimum absolute atomic E-state index is 0.00752. The van der Waals surface area contributed by atoms with E-state index >= 15 is 0 Å². The molecule has 0 radical (unpaired) electrons. The van der Waals surface area contributed by atoms with Crippen LogP contribution in [0.1, 0.15) is 23.6 Å². The van der Waals surface area contributed by atoms with E-state index in [1.165, 1.54) is 16.7 Å². The molecule has 0 spiro atoms. The Hall–Kier alpha value is -3.15. The van der Waals surface area contributed by atoms with Gasteiger partial charge in [-0.15, -0.1) is 0 Å². The highest BCUT2D eigenvalue weighted by Gasteiger charge is 2.13. The summed E-state index contributed by atoms with van der Waals surface area (Å²) in [7, 11) is 0. The highest BCUT2D eigenvalue weighted by Crippen LogP contribution is 2.30. The number of benzene rings is 3. The van der Waals surface area contributed by atoms with Crippen LogP contribution in [0.3, 0.4) is 0 Å². The molecule has 0 unspecified atom stereocenters. The van der Waals surface area contributed by atoms with Crippen molar-refractivity contribution < 1.29 is 14.3 Å². The first-order valence-corrected chi connectivity index (χ1v) is 11.6. The van der Waals surface area contributed by atoms with Gasteiger partial charge >= 0.3 is 0 Å². The summed E-state index contributed by atoms with van der Waals surface area (Å²) in [6.07, 6.45) is 0.765. The van der Waals surface area contributed by atoms with Gasteiger partial charge in [-0.25, -0.2) is 0 Å². The van der Waals surface area contributed by atoms with E-state index in [0.29, 0.717) is 13.2 Å². The summed E-state index contributed by atoms with van der Waals surface area (Å²) in [4.78, 5) is 13.8. The maximum atomic E-state index is 11.4. The molecule has 1 heterocycles. The lowest BCUT2D eigenvalue weighted by Crippen LogP contribution is -2.35. The summed E-state index contributed by atoms with van der Waals surface area (Å²) in [6, 6.07) is 25.2. The molecule has 1 aliphatic heterocycles. The van der Waals surface area contributed by atoms with Gasteiger partial charge < -0.3 is 14.8 Å². The van der Waals surface area contributed by atoms with Gasteiger partial charge in [-0.1, -0.05) is 54.6 Å². The fraction of sp³-hybridized carbons (Fsp3) is 0.321. The first-order valence-electron chi connectivity index (χ1n) is 11.6. The van der Waals surface area contributed by atoms with Crippen LogP contribution < -0.4 is 10.1 Å². The monoisotopic (exact) mass is 444 g/mol. The van der Waals surface area contributed by atoms with Crippen molar-refractivity contribution in [1.82, 2.24) is 10.2 Å². The van der Waals surface area contributed by atoms with Crippen molar-refractivity contribution in [3.8, 4) is 16.9 Å². The smallest absolute Gasteiger partial charge is 0.216 e. The summed E-state index contributed by atoms with van der Waals surface area (Å²) in [5.41, 5.74) is 5.94. The Balaban J connectivity index is 1.56. The standard InChI is InChI=1S/C28H32N2O3/c1-22(31)29-13-12-25-10-11-27(33-21-23-6-3-2-4-7-23)19-28(25)26-9-5-8-24(18-26)20-30-14-16-32-17-15-30/h2-11,18-19H,12-17,20-21H2,1H3,(H,29,31). The van der Waals surface area contributed by atoms with Gasteiger partial charge in [0.25, 0.3) is 0 Å². The second-order valence-electron chi connectivity index (χ2n) is 8.42. The Bertz CT molecular complexity index is 1050. The van der Waals surface area contributed by atoms with Crippen LogP contribution in [-0.4, -0.2) is 43.7 Å². The number of nitrogens with zero attached hydrogens (tertiary/aromatic N) is 1. The Morgan fingerprint density at radius 1 is 0.970 bits per heavy atom. The summed E-state index contributed by atoms with van der Waals surface area (Å²) >= 11 is 0. The summed E-state index contributed by atoms with van der Waals surface area (Å²) in [5.74, 6) is 0.836. The van der Waals surface area contributed by atoms with Gasteiger partial charge in [0.05, 0.1) is 13.2 Å². The number of morpholine rings is 1. The summed E-state index contributed by atoms with van der Waals surface area (Å²) < 4.78 is 11.6. The Kier molecular flexibility index (Phi) is 8.12. The average Bonchev–Trinajstić information content (AvgIpc) is 2.84. The molecular weight excluding hydrogens is 412 g/mol. The SMILES string of the molecule is CC(=O)NCCc1ccc(OCc2ccccc2)cc1-c1cccc(CN2CCOCC2)c1. The van der Waals surface area contributed by atoms with Crippen molar-refractivity contribution in [2.75, 3.05) is 32.8 Å². The van der Waals surface area contributed by atoms with E-state index in [2.05, 4.69) is 58.7 Å². The van der Waals surface area contributed by atoms with E-state index < -0.39 is 0 Å². The average molecular weight is 445 g/mol. The number of nitrogens with one attached hydrogen (secondary N) is 1. The lowest BCUT2D eigenvalue weighted by atomic mass is 9.95. The van der Waals surface area contributed by atoms with Crippen LogP contribution in [0.5, 0.6) is 5.75 Å². The molecule has 5 nitrogen and oxygen atoms in total. The third-order valence-electron chi connectivity index (χ3n) is 5.85. The predicted molar refractivity (Wildman–Crippen MR) is 131 cm³/mol. The third-order valence-corrected chi connectivity index (χ3v) is 5.85. The van der Waals surface area contributed by atoms with Gasteiger partial charge in [0.15, 0.2) is 0 Å². The minimum Gasteiger partial charge on any atom is -0.489 e. The summed E-state index contributed by atoms with van der Waals surface area (Å²) in [6.45, 7) is 7.15. The number of hydrogen-bond donors (Lipinski definition) is 1. The first kappa shape index (κ1) is 23.0. The van der Waals surface area contributed by atoms with Gasteiger partial charge in [0, 0.05) is 33.1 Å². The summed E-state index contributed by atoms with van der Waals surface area (Å²) in [5, 5.41) is 2.91. The lowest BCUT2D eigenvalue weighted by molar-refractivity contribution is -0.118. The van der Waals surface area contributed by atoms with Crippen LogP contribution in [0.15, 0.2) is 72.8 Å². The van der Waals surface area contributed by atoms with Crippen molar-refractivity contribution in [3.63, 3.8) is 0 Å². The molecule has 33 heavy (non-hydrogen) atoms. The predicted octanol–water partition coefficient (Wildman–Crippen LogP) is 4.44. The zero-order valence-corrected chi connectivity index (χ0v) is 19.3. The molecule has 172 valence electrons. The number of ether oxygens (including phenoxy) is 2. The molecule has 5 heteroatoms. The molecule has 0 aliphatic carbocycles. The zero-order chi connectivity index (χ0) is 22.9. The molecule has 0 bridgehead atoms. The van der Waals surface area contributed by atoms with Crippen LogP contribution in [-0.2, 0) is 29.1 Å². The highest BCUT2D eigenvalue weighted by molar-refractivity contribution is 5.73. The first-order chi connectivity index (χ1) is 16.2. The molecule has 0 atom stereocenters. The second kappa shape index (κ2) is 11.6. The van der Waals surface area contributed by atoms with E-state index in [-0.39, 0.29) is 5.91 Å². The van der Waals surface area contributed by atoms with Crippen LogP contribution >= 0.6 is 0 Å². The molecule has 1 N–H and O–H groups in total. The fourth-order valence-electron chi connectivity index (χ4n) is 4.10. The molecule has 1 fully saturated rings. The van der Waals surface area contributed by atoms with Crippen LogP contribution in [0.4, 0.5) is 0 Å². The number of hydrogen-bond acceptors (Lipinski definition) is 4.